The number of nitrogens with zero attached hydrogens (tertiary/aromatic N) is 1. The topological polar surface area (TPSA) is 58.4 Å². The molecule has 0 unspecified atom stereocenters. The normalized spacial score (nSPS) is 23.2. The zero-order valence-corrected chi connectivity index (χ0v) is 13.3. The predicted octanol–water partition coefficient (Wildman–Crippen LogP) is 2.09. The number of primary amides is 1. The molecule has 0 saturated carbocycles. The second kappa shape index (κ2) is 7.31. The molecule has 4 nitrogen and oxygen atoms in total. The van der Waals surface area contributed by atoms with Gasteiger partial charge in [-0.1, -0.05) is 6.92 Å². The Kier molecular flexibility index (Phi) is 5.64. The van der Waals surface area contributed by atoms with Crippen molar-refractivity contribution in [3.8, 4) is 0 Å². The van der Waals surface area contributed by atoms with E-state index in [0.717, 1.165) is 25.1 Å². The molecule has 0 spiro atoms. The summed E-state index contributed by atoms with van der Waals surface area (Å²) in [4.78, 5) is 13.1. The number of hydrogen-bond acceptors (Lipinski definition) is 3. The van der Waals surface area contributed by atoms with E-state index in [2.05, 4.69) is 10.2 Å². The summed E-state index contributed by atoms with van der Waals surface area (Å²) in [7, 11) is 0. The number of nitrogens with one attached hydrogen (secondary N) is 1. The Morgan fingerprint density at radius 2 is 2.00 bits per heavy atom. The van der Waals surface area contributed by atoms with Crippen LogP contribution in [0.15, 0.2) is 12.1 Å². The highest BCUT2D eigenvalue weighted by atomic mass is 19.2. The van der Waals surface area contributed by atoms with Crippen molar-refractivity contribution in [2.24, 2.45) is 5.73 Å². The highest BCUT2D eigenvalue weighted by Gasteiger charge is 2.36. The fourth-order valence-corrected chi connectivity index (χ4v) is 3.30. The number of rotatable bonds is 6. The molecule has 1 amide bonds. The lowest BCUT2D eigenvalue weighted by Gasteiger charge is -2.30. The molecule has 23 heavy (non-hydrogen) atoms. The van der Waals surface area contributed by atoms with E-state index in [1.165, 1.54) is 0 Å². The summed E-state index contributed by atoms with van der Waals surface area (Å²) in [5.74, 6) is -4.24. The van der Waals surface area contributed by atoms with Crippen molar-refractivity contribution in [1.82, 2.24) is 10.2 Å². The van der Waals surface area contributed by atoms with Gasteiger partial charge in [-0.3, -0.25) is 9.69 Å². The third-order valence-corrected chi connectivity index (χ3v) is 4.26. The number of benzene rings is 1. The van der Waals surface area contributed by atoms with Crippen molar-refractivity contribution in [3.05, 3.63) is 35.1 Å². The van der Waals surface area contributed by atoms with E-state index in [0.29, 0.717) is 12.1 Å². The van der Waals surface area contributed by atoms with Crippen LogP contribution in [0.25, 0.3) is 0 Å². The third kappa shape index (κ3) is 4.03. The van der Waals surface area contributed by atoms with Gasteiger partial charge in [0.2, 0.25) is 5.91 Å². The number of carbonyl (C=O) groups is 1. The molecule has 3 atom stereocenters. The Balaban J connectivity index is 2.25. The molecule has 0 aromatic heterocycles. The zero-order valence-electron chi connectivity index (χ0n) is 13.3. The van der Waals surface area contributed by atoms with E-state index < -0.39 is 23.4 Å². The first kappa shape index (κ1) is 17.7. The maximum absolute atomic E-state index is 13.6. The standard InChI is InChI=1S/C16H22F3N3O/c1-3-22-5-4-13(21-9(2)6-14(20)23)16(22)10-7-11(17)15(19)12(18)8-10/h7-9,13,16,21H,3-6H2,1-2H3,(H2,20,23)/t9-,13-,16+/m0/s1. The molecule has 3 N–H and O–H groups in total. The van der Waals surface area contributed by atoms with Crippen LogP contribution in [0, 0.1) is 17.5 Å². The van der Waals surface area contributed by atoms with Crippen LogP contribution in [0.1, 0.15) is 38.3 Å². The van der Waals surface area contributed by atoms with Gasteiger partial charge in [-0.05, 0) is 37.6 Å². The summed E-state index contributed by atoms with van der Waals surface area (Å²) in [6.07, 6.45) is 0.948. The molecule has 1 aliphatic rings. The van der Waals surface area contributed by atoms with Crippen molar-refractivity contribution >= 4 is 5.91 Å². The molecule has 1 heterocycles. The van der Waals surface area contributed by atoms with Crippen LogP contribution >= 0.6 is 0 Å². The Labute approximate surface area is 133 Å². The van der Waals surface area contributed by atoms with Crippen LogP contribution < -0.4 is 11.1 Å². The van der Waals surface area contributed by atoms with Gasteiger partial charge in [-0.2, -0.15) is 0 Å². The second-order valence-electron chi connectivity index (χ2n) is 6.01. The molecule has 1 saturated heterocycles. The second-order valence-corrected chi connectivity index (χ2v) is 6.01. The highest BCUT2D eigenvalue weighted by Crippen LogP contribution is 2.33. The molecule has 7 heteroatoms. The molecule has 128 valence electrons. The van der Waals surface area contributed by atoms with Gasteiger partial charge in [0.15, 0.2) is 17.5 Å². The lowest BCUT2D eigenvalue weighted by molar-refractivity contribution is -0.118. The number of hydrogen-bond donors (Lipinski definition) is 2. The number of halogens is 3. The summed E-state index contributed by atoms with van der Waals surface area (Å²) in [5, 5.41) is 3.30. The minimum atomic E-state index is -1.46. The Hall–Kier alpha value is -1.60. The van der Waals surface area contributed by atoms with Crippen LogP contribution in [0.4, 0.5) is 13.2 Å². The Morgan fingerprint density at radius 3 is 2.52 bits per heavy atom. The van der Waals surface area contributed by atoms with Gasteiger partial charge in [0.1, 0.15) is 0 Å². The Morgan fingerprint density at radius 1 is 1.39 bits per heavy atom. The molecule has 1 aliphatic heterocycles. The average molecular weight is 329 g/mol. The summed E-state index contributed by atoms with van der Waals surface area (Å²) in [6, 6.07) is 1.58. The van der Waals surface area contributed by atoms with E-state index in [9.17, 15) is 18.0 Å². The number of nitrogens with two attached hydrogens (primary N) is 1. The van der Waals surface area contributed by atoms with Gasteiger partial charge in [0, 0.05) is 25.0 Å². The molecule has 2 rings (SSSR count). The van der Waals surface area contributed by atoms with E-state index in [4.69, 9.17) is 5.73 Å². The number of likely N-dealkylation sites (N-methyl/N-ethyl adjacent to an activating group) is 1. The molecule has 0 aliphatic carbocycles. The van der Waals surface area contributed by atoms with Crippen molar-refractivity contribution in [2.75, 3.05) is 13.1 Å². The fourth-order valence-electron chi connectivity index (χ4n) is 3.30. The summed E-state index contributed by atoms with van der Waals surface area (Å²) >= 11 is 0. The van der Waals surface area contributed by atoms with E-state index >= 15 is 0 Å². The van der Waals surface area contributed by atoms with Crippen LogP contribution in [0.3, 0.4) is 0 Å². The average Bonchev–Trinajstić information content (AvgIpc) is 2.85. The van der Waals surface area contributed by atoms with Crippen molar-refractivity contribution in [3.63, 3.8) is 0 Å². The van der Waals surface area contributed by atoms with Crippen molar-refractivity contribution in [1.29, 1.82) is 0 Å². The van der Waals surface area contributed by atoms with Crippen LogP contribution in [0.2, 0.25) is 0 Å². The molecule has 0 radical (unpaired) electrons. The smallest absolute Gasteiger partial charge is 0.218 e. The number of carbonyl (C=O) groups excluding carboxylic acids is 1. The lowest BCUT2D eigenvalue weighted by Crippen LogP contribution is -2.42. The molecule has 1 fully saturated rings. The monoisotopic (exact) mass is 329 g/mol. The minimum absolute atomic E-state index is 0.0893. The number of likely N-dealkylation sites (tertiary alicyclic amines) is 1. The van der Waals surface area contributed by atoms with Crippen molar-refractivity contribution < 1.29 is 18.0 Å². The minimum Gasteiger partial charge on any atom is -0.370 e. The maximum atomic E-state index is 13.6. The quantitative estimate of drug-likeness (QED) is 0.786. The fraction of sp³-hybridized carbons (Fsp3) is 0.562. The summed E-state index contributed by atoms with van der Waals surface area (Å²) < 4.78 is 40.3. The van der Waals surface area contributed by atoms with E-state index in [-0.39, 0.29) is 24.5 Å². The summed E-state index contributed by atoms with van der Waals surface area (Å²) in [5.41, 5.74) is 5.59. The summed E-state index contributed by atoms with van der Waals surface area (Å²) in [6.45, 7) is 5.25. The van der Waals surface area contributed by atoms with E-state index in [1.807, 2.05) is 13.8 Å². The first-order chi connectivity index (χ1) is 10.8. The van der Waals surface area contributed by atoms with Crippen LogP contribution in [0.5, 0.6) is 0 Å². The lowest BCUT2D eigenvalue weighted by atomic mass is 9.98. The predicted molar refractivity (Wildman–Crippen MR) is 81.1 cm³/mol. The molecule has 0 bridgehead atoms. The SMILES string of the molecule is CCN1CC[C@H](N[C@@H](C)CC(N)=O)[C@H]1c1cc(F)c(F)c(F)c1. The highest BCUT2D eigenvalue weighted by molar-refractivity contribution is 5.74. The van der Waals surface area contributed by atoms with Crippen LogP contribution in [-0.2, 0) is 4.79 Å². The van der Waals surface area contributed by atoms with E-state index in [1.54, 1.807) is 0 Å². The van der Waals surface area contributed by atoms with Gasteiger partial charge in [0.05, 0.1) is 6.04 Å². The van der Waals surface area contributed by atoms with Crippen molar-refractivity contribution in [2.45, 2.75) is 44.8 Å². The Bertz CT molecular complexity index is 559. The van der Waals surface area contributed by atoms with Crippen LogP contribution in [-0.4, -0.2) is 36.0 Å². The molecular formula is C16H22F3N3O. The number of amides is 1. The third-order valence-electron chi connectivity index (χ3n) is 4.26. The molecule has 1 aromatic rings. The van der Waals surface area contributed by atoms with Gasteiger partial charge in [-0.25, -0.2) is 13.2 Å². The molecular weight excluding hydrogens is 307 g/mol. The van der Waals surface area contributed by atoms with Gasteiger partial charge in [-0.15, -0.1) is 0 Å². The first-order valence-corrected chi connectivity index (χ1v) is 7.76. The first-order valence-electron chi connectivity index (χ1n) is 7.76. The van der Waals surface area contributed by atoms with Gasteiger partial charge in [0.25, 0.3) is 0 Å². The molecule has 1 aromatic carbocycles. The zero-order chi connectivity index (χ0) is 17.1. The maximum Gasteiger partial charge on any atom is 0.218 e. The largest absolute Gasteiger partial charge is 0.370 e. The van der Waals surface area contributed by atoms with Gasteiger partial charge >= 0.3 is 0 Å². The van der Waals surface area contributed by atoms with Gasteiger partial charge < -0.3 is 11.1 Å².